The molecule has 3 atom stereocenters. The van der Waals surface area contributed by atoms with Crippen molar-refractivity contribution in [3.8, 4) is 0 Å². The summed E-state index contributed by atoms with van der Waals surface area (Å²) in [7, 11) is 0. The van der Waals surface area contributed by atoms with Crippen LogP contribution in [0.2, 0.25) is 0 Å². The number of β-amino-alcohol motifs (C(OH)–C–C–N with tert-alkyl or cyclic N) is 1. The van der Waals surface area contributed by atoms with E-state index in [0.717, 1.165) is 38.0 Å². The highest BCUT2D eigenvalue weighted by molar-refractivity contribution is 5.19. The van der Waals surface area contributed by atoms with E-state index in [-0.39, 0.29) is 18.0 Å². The van der Waals surface area contributed by atoms with Gasteiger partial charge in [0.25, 0.3) is 0 Å². The van der Waals surface area contributed by atoms with E-state index in [2.05, 4.69) is 11.8 Å². The molecule has 3 nitrogen and oxygen atoms in total. The van der Waals surface area contributed by atoms with Gasteiger partial charge in [-0.3, -0.25) is 0 Å². The van der Waals surface area contributed by atoms with Crippen molar-refractivity contribution in [2.45, 2.75) is 31.9 Å². The number of halogens is 1. The molecule has 1 saturated heterocycles. The van der Waals surface area contributed by atoms with Crippen LogP contribution in [0.3, 0.4) is 0 Å². The number of aliphatic hydroxyl groups excluding tert-OH is 1. The molecule has 0 radical (unpaired) electrons. The Kier molecular flexibility index (Phi) is 4.91. The zero-order valence-corrected chi connectivity index (χ0v) is 11.4. The Morgan fingerprint density at radius 2 is 2.11 bits per heavy atom. The molecule has 2 rings (SSSR count). The predicted molar refractivity (Wildman–Crippen MR) is 74.2 cm³/mol. The van der Waals surface area contributed by atoms with Gasteiger partial charge in [-0.05, 0) is 43.0 Å². The fourth-order valence-corrected chi connectivity index (χ4v) is 2.52. The Bertz CT molecular complexity index is 396. The molecule has 4 heteroatoms. The van der Waals surface area contributed by atoms with Crippen LogP contribution in [0.4, 0.5) is 4.39 Å². The highest BCUT2D eigenvalue weighted by Crippen LogP contribution is 2.19. The van der Waals surface area contributed by atoms with Crippen LogP contribution in [0, 0.1) is 11.7 Å². The van der Waals surface area contributed by atoms with E-state index in [1.165, 1.54) is 12.1 Å². The Labute approximate surface area is 114 Å². The van der Waals surface area contributed by atoms with Gasteiger partial charge in [0, 0.05) is 19.1 Å². The number of rotatable bonds is 4. The Balaban J connectivity index is 1.80. The highest BCUT2D eigenvalue weighted by atomic mass is 19.1. The van der Waals surface area contributed by atoms with E-state index in [4.69, 9.17) is 5.73 Å². The number of hydrogen-bond donors (Lipinski definition) is 2. The van der Waals surface area contributed by atoms with Crippen molar-refractivity contribution in [3.63, 3.8) is 0 Å². The summed E-state index contributed by atoms with van der Waals surface area (Å²) in [6, 6.07) is 6.31. The van der Waals surface area contributed by atoms with Crippen molar-refractivity contribution in [1.82, 2.24) is 4.90 Å². The highest BCUT2D eigenvalue weighted by Gasteiger charge is 2.24. The van der Waals surface area contributed by atoms with Crippen molar-refractivity contribution >= 4 is 0 Å². The van der Waals surface area contributed by atoms with Crippen molar-refractivity contribution in [2.75, 3.05) is 19.6 Å². The lowest BCUT2D eigenvalue weighted by Gasteiger charge is -2.34. The first-order chi connectivity index (χ1) is 9.06. The standard InChI is InChI=1S/C15H23FN2O/c1-11-6-8-18(10-15(11)19)9-7-14(17)12-2-4-13(16)5-3-12/h2-5,11,14-15,19H,6-10,17H2,1H3. The lowest BCUT2D eigenvalue weighted by molar-refractivity contribution is 0.0282. The number of aliphatic hydroxyl groups is 1. The molecule has 1 aromatic rings. The third-order valence-electron chi connectivity index (χ3n) is 4.06. The lowest BCUT2D eigenvalue weighted by atomic mass is 9.95. The second kappa shape index (κ2) is 6.46. The van der Waals surface area contributed by atoms with Gasteiger partial charge in [-0.15, -0.1) is 0 Å². The second-order valence-corrected chi connectivity index (χ2v) is 5.58. The molecule has 0 aromatic heterocycles. The normalized spacial score (nSPS) is 26.3. The monoisotopic (exact) mass is 266 g/mol. The minimum absolute atomic E-state index is 0.0721. The van der Waals surface area contributed by atoms with Gasteiger partial charge >= 0.3 is 0 Å². The molecule has 0 amide bonds. The summed E-state index contributed by atoms with van der Waals surface area (Å²) in [5.41, 5.74) is 7.08. The number of likely N-dealkylation sites (tertiary alicyclic amines) is 1. The number of nitrogens with two attached hydrogens (primary N) is 1. The molecule has 1 heterocycles. The zero-order chi connectivity index (χ0) is 13.8. The van der Waals surface area contributed by atoms with Crippen LogP contribution in [0.5, 0.6) is 0 Å². The summed E-state index contributed by atoms with van der Waals surface area (Å²) >= 11 is 0. The minimum atomic E-state index is -0.232. The molecule has 0 spiro atoms. The van der Waals surface area contributed by atoms with Gasteiger partial charge in [-0.2, -0.15) is 0 Å². The molecule has 1 aromatic carbocycles. The Morgan fingerprint density at radius 3 is 2.74 bits per heavy atom. The SMILES string of the molecule is CC1CCN(CCC(N)c2ccc(F)cc2)CC1O. The predicted octanol–water partition coefficient (Wildman–Crippen LogP) is 1.92. The lowest BCUT2D eigenvalue weighted by Crippen LogP contribution is -2.43. The van der Waals surface area contributed by atoms with Crippen molar-refractivity contribution in [1.29, 1.82) is 0 Å². The number of hydrogen-bond acceptors (Lipinski definition) is 3. The fraction of sp³-hybridized carbons (Fsp3) is 0.600. The number of nitrogens with zero attached hydrogens (tertiary/aromatic N) is 1. The van der Waals surface area contributed by atoms with Gasteiger partial charge in [0.1, 0.15) is 5.82 Å². The first kappa shape index (κ1) is 14.4. The maximum Gasteiger partial charge on any atom is 0.123 e. The van der Waals surface area contributed by atoms with E-state index < -0.39 is 0 Å². The average Bonchev–Trinajstić information content (AvgIpc) is 2.40. The Hall–Kier alpha value is -0.970. The first-order valence-corrected chi connectivity index (χ1v) is 6.97. The van der Waals surface area contributed by atoms with Crippen LogP contribution in [0.1, 0.15) is 31.4 Å². The minimum Gasteiger partial charge on any atom is -0.392 e. The summed E-state index contributed by atoms with van der Waals surface area (Å²) in [5, 5.41) is 9.85. The topological polar surface area (TPSA) is 49.5 Å². The second-order valence-electron chi connectivity index (χ2n) is 5.58. The molecule has 0 aliphatic carbocycles. The molecule has 3 N–H and O–H groups in total. The molecule has 19 heavy (non-hydrogen) atoms. The van der Waals surface area contributed by atoms with Crippen LogP contribution in [0.25, 0.3) is 0 Å². The van der Waals surface area contributed by atoms with Crippen molar-refractivity contribution in [2.24, 2.45) is 11.7 Å². The molecule has 106 valence electrons. The van der Waals surface area contributed by atoms with E-state index in [9.17, 15) is 9.50 Å². The largest absolute Gasteiger partial charge is 0.392 e. The van der Waals surface area contributed by atoms with E-state index >= 15 is 0 Å². The van der Waals surface area contributed by atoms with Gasteiger partial charge in [-0.1, -0.05) is 19.1 Å². The van der Waals surface area contributed by atoms with E-state index in [1.54, 1.807) is 12.1 Å². The van der Waals surface area contributed by atoms with E-state index in [0.29, 0.717) is 5.92 Å². The summed E-state index contributed by atoms with van der Waals surface area (Å²) < 4.78 is 12.8. The summed E-state index contributed by atoms with van der Waals surface area (Å²) in [6.07, 6.45) is 1.63. The van der Waals surface area contributed by atoms with Gasteiger partial charge < -0.3 is 15.7 Å². The molecular weight excluding hydrogens is 243 g/mol. The first-order valence-electron chi connectivity index (χ1n) is 6.97. The summed E-state index contributed by atoms with van der Waals surface area (Å²) in [4.78, 5) is 2.26. The molecule has 0 saturated carbocycles. The zero-order valence-electron chi connectivity index (χ0n) is 11.4. The molecule has 1 aliphatic heterocycles. The molecule has 1 fully saturated rings. The van der Waals surface area contributed by atoms with Crippen LogP contribution in [-0.2, 0) is 0 Å². The van der Waals surface area contributed by atoms with Gasteiger partial charge in [-0.25, -0.2) is 4.39 Å². The molecular formula is C15H23FN2O. The Morgan fingerprint density at radius 1 is 1.42 bits per heavy atom. The van der Waals surface area contributed by atoms with Gasteiger partial charge in [0.05, 0.1) is 6.10 Å². The van der Waals surface area contributed by atoms with E-state index in [1.807, 2.05) is 0 Å². The van der Waals surface area contributed by atoms with Crippen molar-refractivity contribution in [3.05, 3.63) is 35.6 Å². The average molecular weight is 266 g/mol. The molecule has 0 bridgehead atoms. The maximum absolute atomic E-state index is 12.8. The fourth-order valence-electron chi connectivity index (χ4n) is 2.52. The van der Waals surface area contributed by atoms with Gasteiger partial charge in [0.2, 0.25) is 0 Å². The van der Waals surface area contributed by atoms with Crippen LogP contribution in [-0.4, -0.2) is 35.7 Å². The molecule has 3 unspecified atom stereocenters. The number of benzene rings is 1. The van der Waals surface area contributed by atoms with Crippen LogP contribution < -0.4 is 5.73 Å². The quantitative estimate of drug-likeness (QED) is 0.875. The van der Waals surface area contributed by atoms with Gasteiger partial charge in [0.15, 0.2) is 0 Å². The third kappa shape index (κ3) is 4.00. The van der Waals surface area contributed by atoms with Crippen molar-refractivity contribution < 1.29 is 9.50 Å². The maximum atomic E-state index is 12.8. The number of piperidine rings is 1. The summed E-state index contributed by atoms with van der Waals surface area (Å²) in [5.74, 6) is 0.158. The molecule has 1 aliphatic rings. The van der Waals surface area contributed by atoms with Crippen LogP contribution in [0.15, 0.2) is 24.3 Å². The third-order valence-corrected chi connectivity index (χ3v) is 4.06. The van der Waals surface area contributed by atoms with Crippen LogP contribution >= 0.6 is 0 Å². The smallest absolute Gasteiger partial charge is 0.123 e. The summed E-state index contributed by atoms with van der Waals surface area (Å²) in [6.45, 7) is 4.72.